The second kappa shape index (κ2) is 8.65. The number of benzene rings is 2. The summed E-state index contributed by atoms with van der Waals surface area (Å²) in [7, 11) is 0. The van der Waals surface area contributed by atoms with E-state index in [-0.39, 0.29) is 0 Å². The number of aliphatic hydroxyl groups is 1. The summed E-state index contributed by atoms with van der Waals surface area (Å²) in [5.41, 5.74) is 3.25. The minimum atomic E-state index is -0.791. The molecule has 158 valence electrons. The monoisotopic (exact) mass is 448 g/mol. The van der Waals surface area contributed by atoms with E-state index in [1.807, 2.05) is 54.8 Å². The van der Waals surface area contributed by atoms with Crippen molar-refractivity contribution in [1.29, 1.82) is 0 Å². The van der Waals surface area contributed by atoms with Crippen LogP contribution in [0.5, 0.6) is 0 Å². The van der Waals surface area contributed by atoms with Crippen molar-refractivity contribution < 1.29 is 5.11 Å². The first kappa shape index (κ1) is 20.5. The lowest BCUT2D eigenvalue weighted by Gasteiger charge is -2.39. The van der Waals surface area contributed by atoms with E-state index in [2.05, 4.69) is 17.0 Å². The van der Waals surface area contributed by atoms with Crippen LogP contribution < -0.4 is 4.90 Å². The summed E-state index contributed by atoms with van der Waals surface area (Å²) in [6.07, 6.45) is 3.32. The van der Waals surface area contributed by atoms with Gasteiger partial charge >= 0.3 is 0 Å². The second-order valence-corrected chi connectivity index (χ2v) is 9.52. The number of fused-ring (bicyclic) bond motifs is 1. The minimum absolute atomic E-state index is 0.660. The zero-order valence-electron chi connectivity index (χ0n) is 17.4. The molecule has 7 heteroatoms. The van der Waals surface area contributed by atoms with Crippen molar-refractivity contribution >= 4 is 40.7 Å². The maximum absolute atomic E-state index is 11.2. The molecule has 2 aliphatic heterocycles. The number of piperidine rings is 1. The van der Waals surface area contributed by atoms with Gasteiger partial charge in [-0.2, -0.15) is 0 Å². The van der Waals surface area contributed by atoms with Gasteiger partial charge in [0.05, 0.1) is 11.3 Å². The molecule has 0 amide bonds. The van der Waals surface area contributed by atoms with Crippen LogP contribution in [-0.4, -0.2) is 45.9 Å². The number of nitrogens with zero attached hydrogens (tertiary/aromatic N) is 4. The molecular formula is C24H24N4OS2. The molecule has 1 aromatic heterocycles. The molecule has 2 aromatic carbocycles. The van der Waals surface area contributed by atoms with Crippen LogP contribution in [0.25, 0.3) is 0 Å². The molecule has 0 spiro atoms. The lowest BCUT2D eigenvalue weighted by Crippen LogP contribution is -2.43. The summed E-state index contributed by atoms with van der Waals surface area (Å²) < 4.78 is 0. The fourth-order valence-corrected chi connectivity index (χ4v) is 5.47. The van der Waals surface area contributed by atoms with E-state index in [1.54, 1.807) is 23.5 Å². The average Bonchev–Trinajstić information content (AvgIpc) is 2.84. The Bertz CT molecular complexity index is 1100. The van der Waals surface area contributed by atoms with Gasteiger partial charge in [0.15, 0.2) is 11.0 Å². The Balaban J connectivity index is 1.47. The molecule has 1 N–H and O–H groups in total. The van der Waals surface area contributed by atoms with Crippen LogP contribution in [0.1, 0.15) is 24.0 Å². The summed E-state index contributed by atoms with van der Waals surface area (Å²) in [4.78, 5) is 16.9. The topological polar surface area (TPSA) is 61.6 Å². The molecule has 3 aromatic rings. The number of hydrogen-bond acceptors (Lipinski definition) is 7. The van der Waals surface area contributed by atoms with E-state index in [4.69, 9.17) is 15.0 Å². The third-order valence-electron chi connectivity index (χ3n) is 5.90. The summed E-state index contributed by atoms with van der Waals surface area (Å²) in [6, 6.07) is 20.3. The highest BCUT2D eigenvalue weighted by atomic mass is 32.2. The number of anilines is 1. The summed E-state index contributed by atoms with van der Waals surface area (Å²) in [6.45, 7) is 1.45. The largest absolute Gasteiger partial charge is 0.385 e. The van der Waals surface area contributed by atoms with E-state index < -0.39 is 5.60 Å². The van der Waals surface area contributed by atoms with Gasteiger partial charge in [0.2, 0.25) is 0 Å². The van der Waals surface area contributed by atoms with Gasteiger partial charge in [-0.05, 0) is 30.2 Å². The van der Waals surface area contributed by atoms with Gasteiger partial charge in [-0.25, -0.2) is 15.0 Å². The van der Waals surface area contributed by atoms with Crippen molar-refractivity contribution in [1.82, 2.24) is 9.97 Å². The summed E-state index contributed by atoms with van der Waals surface area (Å²) in [5.74, 6) is 1.68. The molecule has 1 fully saturated rings. The SMILES string of the molecule is CSc1nc2c(c(N3CCC(O)(c4ccccc4)CC3)n1)N=C(c1ccccc1)CS2. The molecule has 1 saturated heterocycles. The maximum atomic E-state index is 11.2. The highest BCUT2D eigenvalue weighted by Gasteiger charge is 2.35. The molecule has 0 bridgehead atoms. The number of thioether (sulfide) groups is 2. The van der Waals surface area contributed by atoms with E-state index in [1.165, 1.54) is 0 Å². The van der Waals surface area contributed by atoms with Gasteiger partial charge in [-0.3, -0.25) is 0 Å². The molecule has 5 rings (SSSR count). The van der Waals surface area contributed by atoms with Crippen LogP contribution in [0, 0.1) is 0 Å². The van der Waals surface area contributed by atoms with Crippen molar-refractivity contribution in [3.05, 3.63) is 71.8 Å². The van der Waals surface area contributed by atoms with E-state index in [0.717, 1.165) is 57.4 Å². The number of hydrogen-bond donors (Lipinski definition) is 1. The first-order valence-corrected chi connectivity index (χ1v) is 12.6. The fraction of sp³-hybridized carbons (Fsp3) is 0.292. The van der Waals surface area contributed by atoms with Gasteiger partial charge < -0.3 is 10.0 Å². The van der Waals surface area contributed by atoms with Crippen molar-refractivity contribution in [2.75, 3.05) is 30.0 Å². The molecule has 3 heterocycles. The molecule has 2 aliphatic rings. The van der Waals surface area contributed by atoms with Crippen molar-refractivity contribution in [2.24, 2.45) is 4.99 Å². The normalized spacial score (nSPS) is 17.7. The fourth-order valence-electron chi connectivity index (χ4n) is 4.12. The number of aromatic nitrogens is 2. The van der Waals surface area contributed by atoms with Gasteiger partial charge in [-0.1, -0.05) is 84.2 Å². The zero-order valence-corrected chi connectivity index (χ0v) is 19.0. The van der Waals surface area contributed by atoms with Crippen LogP contribution in [0.4, 0.5) is 11.5 Å². The van der Waals surface area contributed by atoms with E-state index >= 15 is 0 Å². The Morgan fingerprint density at radius 3 is 2.32 bits per heavy atom. The Kier molecular flexibility index (Phi) is 5.73. The van der Waals surface area contributed by atoms with Gasteiger partial charge in [0.1, 0.15) is 10.7 Å². The smallest absolute Gasteiger partial charge is 0.190 e. The molecule has 0 atom stereocenters. The predicted molar refractivity (Wildman–Crippen MR) is 129 cm³/mol. The Labute approximate surface area is 191 Å². The highest BCUT2D eigenvalue weighted by Crippen LogP contribution is 2.43. The van der Waals surface area contributed by atoms with Gasteiger partial charge in [-0.15, -0.1) is 0 Å². The lowest BCUT2D eigenvalue weighted by atomic mass is 9.84. The number of aliphatic imine (C=N–C) groups is 1. The molecule has 0 radical (unpaired) electrons. The van der Waals surface area contributed by atoms with Crippen LogP contribution in [-0.2, 0) is 5.60 Å². The predicted octanol–water partition coefficient (Wildman–Crippen LogP) is 4.91. The zero-order chi connectivity index (χ0) is 21.3. The first-order valence-electron chi connectivity index (χ1n) is 10.4. The number of rotatable bonds is 4. The molecule has 0 saturated carbocycles. The Morgan fingerprint density at radius 2 is 1.65 bits per heavy atom. The Hall–Kier alpha value is -2.35. The van der Waals surface area contributed by atoms with Gasteiger partial charge in [0.25, 0.3) is 0 Å². The quantitative estimate of drug-likeness (QED) is 0.348. The molecular weight excluding hydrogens is 424 g/mol. The van der Waals surface area contributed by atoms with E-state index in [9.17, 15) is 5.11 Å². The molecule has 31 heavy (non-hydrogen) atoms. The summed E-state index contributed by atoms with van der Waals surface area (Å²) in [5, 5.41) is 13.0. The molecule has 0 unspecified atom stereocenters. The van der Waals surface area contributed by atoms with Crippen molar-refractivity contribution in [2.45, 2.75) is 28.6 Å². The van der Waals surface area contributed by atoms with Crippen molar-refractivity contribution in [3.63, 3.8) is 0 Å². The standard InChI is InChI=1S/C24H24N4OS2/c1-30-23-26-21(28-14-12-24(29,13-15-28)18-10-6-3-7-11-18)20-22(27-23)31-16-19(25-20)17-8-4-2-5-9-17/h2-11,29H,12-16H2,1H3. The van der Waals surface area contributed by atoms with Crippen molar-refractivity contribution in [3.8, 4) is 0 Å². The van der Waals surface area contributed by atoms with Gasteiger partial charge in [0, 0.05) is 18.8 Å². The third kappa shape index (κ3) is 4.10. The van der Waals surface area contributed by atoms with Crippen LogP contribution in [0.2, 0.25) is 0 Å². The third-order valence-corrected chi connectivity index (χ3v) is 7.42. The molecule has 5 nitrogen and oxygen atoms in total. The molecule has 0 aliphatic carbocycles. The average molecular weight is 449 g/mol. The first-order chi connectivity index (χ1) is 15.2. The second-order valence-electron chi connectivity index (χ2n) is 7.79. The summed E-state index contributed by atoms with van der Waals surface area (Å²) >= 11 is 3.28. The Morgan fingerprint density at radius 1 is 0.968 bits per heavy atom. The van der Waals surface area contributed by atoms with Crippen LogP contribution >= 0.6 is 23.5 Å². The highest BCUT2D eigenvalue weighted by molar-refractivity contribution is 8.00. The minimum Gasteiger partial charge on any atom is -0.385 e. The van der Waals surface area contributed by atoms with Crippen LogP contribution in [0.15, 0.2) is 75.8 Å². The lowest BCUT2D eigenvalue weighted by molar-refractivity contribution is 0.0116. The van der Waals surface area contributed by atoms with Crippen LogP contribution in [0.3, 0.4) is 0 Å². The van der Waals surface area contributed by atoms with E-state index in [0.29, 0.717) is 12.8 Å². The maximum Gasteiger partial charge on any atom is 0.190 e.